The Morgan fingerprint density at radius 3 is 2.72 bits per heavy atom. The first-order chi connectivity index (χ1) is 12.1. The number of aryl methyl sites for hydroxylation is 1. The van der Waals surface area contributed by atoms with Crippen molar-refractivity contribution in [3.63, 3.8) is 0 Å². The lowest BCUT2D eigenvalue weighted by Gasteiger charge is -2.32. The van der Waals surface area contributed by atoms with Crippen molar-refractivity contribution in [2.24, 2.45) is 0 Å². The normalized spacial score (nSPS) is 12.0. The van der Waals surface area contributed by atoms with Crippen LogP contribution in [0.25, 0.3) is 0 Å². The van der Waals surface area contributed by atoms with E-state index in [-0.39, 0.29) is 17.8 Å². The molecule has 0 aliphatic carbocycles. The van der Waals surface area contributed by atoms with Gasteiger partial charge in [0.2, 0.25) is 5.91 Å². The molecule has 2 aromatic rings. The van der Waals surface area contributed by atoms with E-state index in [1.54, 1.807) is 38.6 Å². The number of nitrogens with zero attached hydrogens (tertiary/aromatic N) is 2. The SMILES string of the molecule is CCN(C(=O)CCCOC)[C@H](c1cccnc1)c1ccc(F)c(C)c1. The van der Waals surface area contributed by atoms with Crippen molar-refractivity contribution in [2.45, 2.75) is 32.7 Å². The highest BCUT2D eigenvalue weighted by Crippen LogP contribution is 2.30. The van der Waals surface area contributed by atoms with Crippen molar-refractivity contribution >= 4 is 5.91 Å². The smallest absolute Gasteiger partial charge is 0.223 e. The van der Waals surface area contributed by atoms with Gasteiger partial charge in [0.25, 0.3) is 0 Å². The Kier molecular flexibility index (Phi) is 7.07. The summed E-state index contributed by atoms with van der Waals surface area (Å²) in [5, 5.41) is 0. The molecule has 2 rings (SSSR count). The van der Waals surface area contributed by atoms with Gasteiger partial charge in [0.1, 0.15) is 5.82 Å². The van der Waals surface area contributed by atoms with Gasteiger partial charge in [-0.15, -0.1) is 0 Å². The topological polar surface area (TPSA) is 42.4 Å². The number of hydrogen-bond donors (Lipinski definition) is 0. The number of benzene rings is 1. The third-order valence-electron chi connectivity index (χ3n) is 4.21. The fourth-order valence-electron chi connectivity index (χ4n) is 2.94. The molecular formula is C20H25FN2O2. The largest absolute Gasteiger partial charge is 0.385 e. The van der Waals surface area contributed by atoms with Crippen molar-refractivity contribution in [3.8, 4) is 0 Å². The van der Waals surface area contributed by atoms with Gasteiger partial charge in [-0.3, -0.25) is 9.78 Å². The number of hydrogen-bond acceptors (Lipinski definition) is 3. The van der Waals surface area contributed by atoms with Crippen LogP contribution >= 0.6 is 0 Å². The standard InChI is InChI=1S/C20H25FN2O2/c1-4-23(19(24)8-6-12-25-3)20(17-7-5-11-22-14-17)16-9-10-18(21)15(2)13-16/h5,7,9-11,13-14,20H,4,6,8,12H2,1-3H3/t20-/m0/s1. The molecule has 0 saturated carbocycles. The minimum Gasteiger partial charge on any atom is -0.385 e. The lowest BCUT2D eigenvalue weighted by molar-refractivity contribution is -0.133. The van der Waals surface area contributed by atoms with Crippen molar-refractivity contribution in [1.29, 1.82) is 0 Å². The maximum atomic E-state index is 13.7. The molecule has 0 bridgehead atoms. The molecule has 0 unspecified atom stereocenters. The Bertz CT molecular complexity index is 691. The van der Waals surface area contributed by atoms with Crippen LogP contribution in [0.1, 0.15) is 42.5 Å². The minimum atomic E-state index is -0.284. The molecule has 0 aliphatic heterocycles. The zero-order valence-corrected chi connectivity index (χ0v) is 15.0. The summed E-state index contributed by atoms with van der Waals surface area (Å²) < 4.78 is 18.7. The van der Waals surface area contributed by atoms with E-state index in [0.29, 0.717) is 31.6 Å². The Labute approximate surface area is 148 Å². The van der Waals surface area contributed by atoms with Crippen LogP contribution in [0.4, 0.5) is 4.39 Å². The van der Waals surface area contributed by atoms with Gasteiger partial charge in [0.15, 0.2) is 0 Å². The van der Waals surface area contributed by atoms with E-state index < -0.39 is 0 Å². The molecule has 4 nitrogen and oxygen atoms in total. The third-order valence-corrected chi connectivity index (χ3v) is 4.21. The fraction of sp³-hybridized carbons (Fsp3) is 0.400. The molecule has 0 spiro atoms. The molecule has 5 heteroatoms. The van der Waals surface area contributed by atoms with Crippen molar-refractivity contribution in [1.82, 2.24) is 9.88 Å². The Morgan fingerprint density at radius 2 is 2.12 bits per heavy atom. The molecule has 1 aromatic carbocycles. The minimum absolute atomic E-state index is 0.0513. The number of amides is 1. The fourth-order valence-corrected chi connectivity index (χ4v) is 2.94. The molecule has 1 amide bonds. The van der Waals surface area contributed by atoms with Crippen LogP contribution in [-0.2, 0) is 9.53 Å². The van der Waals surface area contributed by atoms with Crippen LogP contribution in [-0.4, -0.2) is 36.1 Å². The van der Waals surface area contributed by atoms with E-state index in [9.17, 15) is 9.18 Å². The summed E-state index contributed by atoms with van der Waals surface area (Å²) >= 11 is 0. The van der Waals surface area contributed by atoms with E-state index in [1.165, 1.54) is 6.07 Å². The van der Waals surface area contributed by atoms with Crippen molar-refractivity contribution < 1.29 is 13.9 Å². The first-order valence-corrected chi connectivity index (χ1v) is 8.52. The second-order valence-corrected chi connectivity index (χ2v) is 5.97. The lowest BCUT2D eigenvalue weighted by atomic mass is 9.96. The van der Waals surface area contributed by atoms with Gasteiger partial charge in [-0.25, -0.2) is 4.39 Å². The second kappa shape index (κ2) is 9.28. The number of rotatable bonds is 8. The van der Waals surface area contributed by atoms with Gasteiger partial charge in [-0.1, -0.05) is 18.2 Å². The van der Waals surface area contributed by atoms with E-state index >= 15 is 0 Å². The van der Waals surface area contributed by atoms with Crippen LogP contribution in [0.15, 0.2) is 42.7 Å². The number of carbonyl (C=O) groups is 1. The van der Waals surface area contributed by atoms with Crippen LogP contribution < -0.4 is 0 Å². The van der Waals surface area contributed by atoms with Gasteiger partial charge in [-0.2, -0.15) is 0 Å². The molecule has 0 fully saturated rings. The predicted molar refractivity (Wildman–Crippen MR) is 95.7 cm³/mol. The molecule has 134 valence electrons. The first kappa shape index (κ1) is 19.1. The van der Waals surface area contributed by atoms with E-state index in [0.717, 1.165) is 11.1 Å². The molecular weight excluding hydrogens is 319 g/mol. The maximum Gasteiger partial charge on any atom is 0.223 e. The van der Waals surface area contributed by atoms with Gasteiger partial charge < -0.3 is 9.64 Å². The van der Waals surface area contributed by atoms with Crippen LogP contribution in [0.2, 0.25) is 0 Å². The highest BCUT2D eigenvalue weighted by atomic mass is 19.1. The van der Waals surface area contributed by atoms with Gasteiger partial charge >= 0.3 is 0 Å². The molecule has 0 aliphatic rings. The summed E-state index contributed by atoms with van der Waals surface area (Å²) in [5.41, 5.74) is 2.36. The van der Waals surface area contributed by atoms with Crippen LogP contribution in [0.5, 0.6) is 0 Å². The summed E-state index contributed by atoms with van der Waals surface area (Å²) in [4.78, 5) is 18.8. The Morgan fingerprint density at radius 1 is 1.32 bits per heavy atom. The number of carbonyl (C=O) groups excluding carboxylic acids is 1. The van der Waals surface area contributed by atoms with Gasteiger partial charge in [0, 0.05) is 39.1 Å². The predicted octanol–water partition coefficient (Wildman–Crippen LogP) is 3.89. The maximum absolute atomic E-state index is 13.7. The summed E-state index contributed by atoms with van der Waals surface area (Å²) in [6, 6.07) is 8.51. The Hall–Kier alpha value is -2.27. The lowest BCUT2D eigenvalue weighted by Crippen LogP contribution is -2.35. The van der Waals surface area contributed by atoms with Crippen molar-refractivity contribution in [3.05, 3.63) is 65.2 Å². The zero-order valence-electron chi connectivity index (χ0n) is 15.0. The van der Waals surface area contributed by atoms with E-state index in [2.05, 4.69) is 4.98 Å². The number of methoxy groups -OCH3 is 1. The summed E-state index contributed by atoms with van der Waals surface area (Å²) in [6.45, 7) is 4.79. The molecule has 1 aromatic heterocycles. The quantitative estimate of drug-likeness (QED) is 0.682. The highest BCUT2D eigenvalue weighted by molar-refractivity contribution is 5.77. The zero-order chi connectivity index (χ0) is 18.2. The number of ether oxygens (including phenoxy) is 1. The molecule has 0 N–H and O–H groups in total. The summed E-state index contributed by atoms with van der Waals surface area (Å²) in [5.74, 6) is -0.196. The Balaban J connectivity index is 2.39. The second-order valence-electron chi connectivity index (χ2n) is 5.97. The molecule has 1 heterocycles. The monoisotopic (exact) mass is 344 g/mol. The van der Waals surface area contributed by atoms with Gasteiger partial charge in [0.05, 0.1) is 6.04 Å². The number of halogens is 1. The van der Waals surface area contributed by atoms with E-state index in [1.807, 2.05) is 24.0 Å². The molecule has 0 saturated heterocycles. The summed E-state index contributed by atoms with van der Waals surface area (Å²) in [7, 11) is 1.63. The first-order valence-electron chi connectivity index (χ1n) is 8.52. The van der Waals surface area contributed by atoms with Crippen LogP contribution in [0.3, 0.4) is 0 Å². The summed E-state index contributed by atoms with van der Waals surface area (Å²) in [6.07, 6.45) is 4.55. The average Bonchev–Trinajstić information content (AvgIpc) is 2.63. The van der Waals surface area contributed by atoms with E-state index in [4.69, 9.17) is 4.74 Å². The van der Waals surface area contributed by atoms with Crippen LogP contribution in [0, 0.1) is 12.7 Å². The number of pyridine rings is 1. The van der Waals surface area contributed by atoms with Gasteiger partial charge in [-0.05, 0) is 49.1 Å². The average molecular weight is 344 g/mol. The molecule has 0 radical (unpaired) electrons. The molecule has 1 atom stereocenters. The highest BCUT2D eigenvalue weighted by Gasteiger charge is 2.26. The van der Waals surface area contributed by atoms with Crippen molar-refractivity contribution in [2.75, 3.05) is 20.3 Å². The molecule has 25 heavy (non-hydrogen) atoms. The third kappa shape index (κ3) is 4.86. The number of aromatic nitrogens is 1.